The van der Waals surface area contributed by atoms with E-state index < -0.39 is 0 Å². The molecule has 0 saturated heterocycles. The number of benzene rings is 1. The number of aromatic nitrogens is 1. The lowest BCUT2D eigenvalue weighted by Crippen LogP contribution is -2.15. The van der Waals surface area contributed by atoms with E-state index in [2.05, 4.69) is 23.3 Å². The van der Waals surface area contributed by atoms with Gasteiger partial charge in [0.05, 0.1) is 17.8 Å². The van der Waals surface area contributed by atoms with Crippen LogP contribution in [0.15, 0.2) is 30.3 Å². The molecule has 0 aliphatic carbocycles. The first kappa shape index (κ1) is 15.8. The quantitative estimate of drug-likeness (QED) is 0.811. The van der Waals surface area contributed by atoms with E-state index in [0.717, 1.165) is 36.5 Å². The van der Waals surface area contributed by atoms with Gasteiger partial charge in [-0.3, -0.25) is 4.98 Å². The molecule has 2 aromatic rings. The highest BCUT2D eigenvalue weighted by Crippen LogP contribution is 2.29. The Morgan fingerprint density at radius 3 is 2.67 bits per heavy atom. The van der Waals surface area contributed by atoms with Crippen LogP contribution in [0.1, 0.15) is 24.6 Å². The molecule has 4 heteroatoms. The third kappa shape index (κ3) is 3.96. The van der Waals surface area contributed by atoms with Crippen molar-refractivity contribution in [1.29, 1.82) is 0 Å². The third-order valence-corrected chi connectivity index (χ3v) is 3.68. The lowest BCUT2D eigenvalue weighted by Gasteiger charge is -2.10. The summed E-state index contributed by atoms with van der Waals surface area (Å²) >= 11 is 6.17. The first-order chi connectivity index (χ1) is 10.2. The number of ether oxygens (including phenoxy) is 1. The molecule has 0 amide bonds. The Morgan fingerprint density at radius 1 is 1.24 bits per heavy atom. The number of nitrogens with one attached hydrogen (secondary N) is 1. The summed E-state index contributed by atoms with van der Waals surface area (Å²) in [4.78, 5) is 4.68. The number of pyridine rings is 1. The lowest BCUT2D eigenvalue weighted by molar-refractivity contribution is 0.415. The first-order valence-electron chi connectivity index (χ1n) is 7.17. The van der Waals surface area contributed by atoms with Gasteiger partial charge in [0, 0.05) is 17.8 Å². The van der Waals surface area contributed by atoms with Gasteiger partial charge in [-0.2, -0.15) is 0 Å². The van der Waals surface area contributed by atoms with Crippen LogP contribution in [0.3, 0.4) is 0 Å². The molecule has 1 heterocycles. The molecule has 0 radical (unpaired) electrons. The smallest absolute Gasteiger partial charge is 0.137 e. The average Bonchev–Trinajstić information content (AvgIpc) is 2.49. The second kappa shape index (κ2) is 7.43. The summed E-state index contributed by atoms with van der Waals surface area (Å²) in [6.07, 6.45) is 1.13. The molecule has 21 heavy (non-hydrogen) atoms. The Hall–Kier alpha value is -1.58. The van der Waals surface area contributed by atoms with Crippen molar-refractivity contribution in [2.75, 3.05) is 13.7 Å². The van der Waals surface area contributed by atoms with E-state index in [1.54, 1.807) is 7.11 Å². The number of aryl methyl sites for hydroxylation is 1. The molecule has 0 bridgehead atoms. The van der Waals surface area contributed by atoms with E-state index in [1.165, 1.54) is 5.56 Å². The maximum Gasteiger partial charge on any atom is 0.137 e. The maximum atomic E-state index is 6.17. The second-order valence-corrected chi connectivity index (χ2v) is 5.37. The Labute approximate surface area is 131 Å². The molecular formula is C17H21ClN2O. The molecule has 3 nitrogen and oxygen atoms in total. The molecule has 0 aliphatic heterocycles. The van der Waals surface area contributed by atoms with Gasteiger partial charge in [-0.1, -0.05) is 24.6 Å². The largest absolute Gasteiger partial charge is 0.495 e. The molecule has 1 N–H and O–H groups in total. The normalized spacial score (nSPS) is 10.7. The SMILES string of the molecule is CCCNCc1ccc(-c2ccc(OC)c(Cl)c2)nc1C. The Balaban J connectivity index is 2.21. The van der Waals surface area contributed by atoms with Crippen LogP contribution >= 0.6 is 11.6 Å². The van der Waals surface area contributed by atoms with Gasteiger partial charge in [0.2, 0.25) is 0 Å². The van der Waals surface area contributed by atoms with Crippen LogP contribution in [0.2, 0.25) is 5.02 Å². The fraction of sp³-hybridized carbons (Fsp3) is 0.353. The van der Waals surface area contributed by atoms with Crippen molar-refractivity contribution in [2.24, 2.45) is 0 Å². The fourth-order valence-electron chi connectivity index (χ4n) is 2.16. The van der Waals surface area contributed by atoms with Crippen molar-refractivity contribution in [2.45, 2.75) is 26.8 Å². The van der Waals surface area contributed by atoms with Gasteiger partial charge in [0.15, 0.2) is 0 Å². The molecule has 0 fully saturated rings. The summed E-state index contributed by atoms with van der Waals surface area (Å²) in [5, 5.41) is 4.00. The van der Waals surface area contributed by atoms with Crippen molar-refractivity contribution in [3.8, 4) is 17.0 Å². The van der Waals surface area contributed by atoms with Crippen molar-refractivity contribution in [3.05, 3.63) is 46.6 Å². The standard InChI is InChI=1S/C17H21ClN2O/c1-4-9-19-11-14-5-7-16(20-12(14)2)13-6-8-17(21-3)15(18)10-13/h5-8,10,19H,4,9,11H2,1-3H3. The van der Waals surface area contributed by atoms with E-state index >= 15 is 0 Å². The predicted octanol–water partition coefficient (Wildman–Crippen LogP) is 4.22. The van der Waals surface area contributed by atoms with Gasteiger partial charge in [0.25, 0.3) is 0 Å². The predicted molar refractivity (Wildman–Crippen MR) is 88.0 cm³/mol. The lowest BCUT2D eigenvalue weighted by atomic mass is 10.1. The molecule has 2 rings (SSSR count). The van der Waals surface area contributed by atoms with Crippen LogP contribution in [0.4, 0.5) is 0 Å². The van der Waals surface area contributed by atoms with Gasteiger partial charge in [-0.25, -0.2) is 0 Å². The fourth-order valence-corrected chi connectivity index (χ4v) is 2.42. The molecule has 0 atom stereocenters. The number of hydrogen-bond donors (Lipinski definition) is 1. The molecule has 0 unspecified atom stereocenters. The zero-order valence-electron chi connectivity index (χ0n) is 12.7. The van der Waals surface area contributed by atoms with E-state index in [-0.39, 0.29) is 0 Å². The molecule has 0 saturated carbocycles. The average molecular weight is 305 g/mol. The van der Waals surface area contributed by atoms with Crippen molar-refractivity contribution in [1.82, 2.24) is 10.3 Å². The summed E-state index contributed by atoms with van der Waals surface area (Å²) in [6.45, 7) is 6.08. The minimum absolute atomic E-state index is 0.600. The topological polar surface area (TPSA) is 34.1 Å². The number of methoxy groups -OCH3 is 1. The van der Waals surface area contributed by atoms with Crippen LogP contribution in [0, 0.1) is 6.92 Å². The van der Waals surface area contributed by atoms with Crippen molar-refractivity contribution in [3.63, 3.8) is 0 Å². The summed E-state index contributed by atoms with van der Waals surface area (Å²) < 4.78 is 5.17. The zero-order valence-corrected chi connectivity index (χ0v) is 13.5. The zero-order chi connectivity index (χ0) is 15.2. The second-order valence-electron chi connectivity index (χ2n) is 4.97. The molecule has 1 aromatic carbocycles. The highest BCUT2D eigenvalue weighted by Gasteiger charge is 2.07. The number of halogens is 1. The highest BCUT2D eigenvalue weighted by atomic mass is 35.5. The monoisotopic (exact) mass is 304 g/mol. The van der Waals surface area contributed by atoms with Crippen molar-refractivity contribution >= 4 is 11.6 Å². The molecule has 1 aromatic heterocycles. The van der Waals surface area contributed by atoms with Gasteiger partial charge < -0.3 is 10.1 Å². The molecule has 0 spiro atoms. The molecule has 112 valence electrons. The molecular weight excluding hydrogens is 284 g/mol. The summed E-state index contributed by atoms with van der Waals surface area (Å²) in [6, 6.07) is 9.89. The van der Waals surface area contributed by atoms with Gasteiger partial charge in [-0.15, -0.1) is 0 Å². The van der Waals surface area contributed by atoms with Gasteiger partial charge >= 0.3 is 0 Å². The van der Waals surface area contributed by atoms with Crippen LogP contribution in [-0.4, -0.2) is 18.6 Å². The minimum Gasteiger partial charge on any atom is -0.495 e. The van der Waals surface area contributed by atoms with Gasteiger partial charge in [0.1, 0.15) is 5.75 Å². The van der Waals surface area contributed by atoms with E-state index in [9.17, 15) is 0 Å². The highest BCUT2D eigenvalue weighted by molar-refractivity contribution is 6.32. The first-order valence-corrected chi connectivity index (χ1v) is 7.54. The van der Waals surface area contributed by atoms with E-state index in [1.807, 2.05) is 31.2 Å². The minimum atomic E-state index is 0.600. The number of nitrogens with zero attached hydrogens (tertiary/aromatic N) is 1. The maximum absolute atomic E-state index is 6.17. The molecule has 0 aliphatic rings. The summed E-state index contributed by atoms with van der Waals surface area (Å²) in [5.74, 6) is 0.678. The Bertz CT molecular complexity index is 614. The summed E-state index contributed by atoms with van der Waals surface area (Å²) in [5.41, 5.74) is 4.20. The van der Waals surface area contributed by atoms with Crippen LogP contribution in [0.5, 0.6) is 5.75 Å². The number of hydrogen-bond acceptors (Lipinski definition) is 3. The van der Waals surface area contributed by atoms with Gasteiger partial charge in [-0.05, 0) is 49.7 Å². The van der Waals surface area contributed by atoms with Crippen LogP contribution in [0.25, 0.3) is 11.3 Å². The van der Waals surface area contributed by atoms with E-state index in [4.69, 9.17) is 16.3 Å². The summed E-state index contributed by atoms with van der Waals surface area (Å²) in [7, 11) is 1.61. The van der Waals surface area contributed by atoms with Crippen LogP contribution in [-0.2, 0) is 6.54 Å². The third-order valence-electron chi connectivity index (χ3n) is 3.39. The Kier molecular flexibility index (Phi) is 5.59. The van der Waals surface area contributed by atoms with Crippen molar-refractivity contribution < 1.29 is 4.74 Å². The Morgan fingerprint density at radius 2 is 2.05 bits per heavy atom. The van der Waals surface area contributed by atoms with E-state index in [0.29, 0.717) is 10.8 Å². The number of rotatable bonds is 6. The van der Waals surface area contributed by atoms with Crippen LogP contribution < -0.4 is 10.1 Å².